The normalized spacial score (nSPS) is 18.2. The van der Waals surface area contributed by atoms with Crippen LogP contribution in [-0.2, 0) is 15.1 Å². The maximum absolute atomic E-state index is 14.2. The van der Waals surface area contributed by atoms with Gasteiger partial charge < -0.3 is 14.1 Å². The number of benzene rings is 2. The van der Waals surface area contributed by atoms with Gasteiger partial charge in [-0.3, -0.25) is 19.3 Å². The largest absolute Gasteiger partial charge is 0.462 e. The van der Waals surface area contributed by atoms with E-state index in [1.165, 1.54) is 21.9 Å². The fourth-order valence-corrected chi connectivity index (χ4v) is 6.29. The summed E-state index contributed by atoms with van der Waals surface area (Å²) < 4.78 is 11.1. The van der Waals surface area contributed by atoms with Crippen molar-refractivity contribution in [2.75, 3.05) is 23.5 Å². The number of para-hydroxylation sites is 1. The number of fused-ring (bicyclic) bond motifs is 5. The second-order valence-electron chi connectivity index (χ2n) is 8.64. The molecule has 0 bridgehead atoms. The number of nitrogens with zero attached hydrogens (tertiary/aromatic N) is 3. The third-order valence-corrected chi connectivity index (χ3v) is 8.01. The minimum atomic E-state index is -1.88. The van der Waals surface area contributed by atoms with Crippen molar-refractivity contribution >= 4 is 62.5 Å². The van der Waals surface area contributed by atoms with E-state index in [1.807, 2.05) is 0 Å². The molecule has 2 aliphatic heterocycles. The Hall–Kier alpha value is -4.02. The van der Waals surface area contributed by atoms with Crippen molar-refractivity contribution in [3.8, 4) is 0 Å². The molecule has 2 aromatic carbocycles. The van der Waals surface area contributed by atoms with Gasteiger partial charge in [0.05, 0.1) is 23.3 Å². The highest BCUT2D eigenvalue weighted by atomic mass is 35.5. The highest BCUT2D eigenvalue weighted by Gasteiger charge is 2.66. The lowest BCUT2D eigenvalue weighted by molar-refractivity contribution is -0.121. The monoisotopic (exact) mass is 535 g/mol. The van der Waals surface area contributed by atoms with Crippen LogP contribution in [0.5, 0.6) is 0 Å². The van der Waals surface area contributed by atoms with Crippen molar-refractivity contribution in [3.63, 3.8) is 0 Å². The summed E-state index contributed by atoms with van der Waals surface area (Å²) >= 11 is 7.08. The van der Waals surface area contributed by atoms with Gasteiger partial charge in [0.1, 0.15) is 10.5 Å². The average Bonchev–Trinajstić information content (AvgIpc) is 3.46. The van der Waals surface area contributed by atoms with Crippen LogP contribution < -0.4 is 15.2 Å². The number of ether oxygens (including phenoxy) is 1. The Labute approximate surface area is 218 Å². The molecule has 2 amide bonds. The number of rotatable bonds is 3. The van der Waals surface area contributed by atoms with E-state index in [9.17, 15) is 19.2 Å². The molecule has 2 aliphatic rings. The van der Waals surface area contributed by atoms with E-state index in [-0.39, 0.29) is 38.9 Å². The Morgan fingerprint density at radius 3 is 2.70 bits per heavy atom. The maximum Gasteiger partial charge on any atom is 0.350 e. The number of aryl methyl sites for hydroxylation is 1. The van der Waals surface area contributed by atoms with Crippen molar-refractivity contribution in [2.45, 2.75) is 19.4 Å². The lowest BCUT2D eigenvalue weighted by Crippen LogP contribution is -2.53. The third kappa shape index (κ3) is 2.93. The van der Waals surface area contributed by atoms with Crippen LogP contribution in [0.1, 0.15) is 44.0 Å². The molecule has 6 rings (SSSR count). The number of carbonyl (C=O) groups is 3. The Balaban J connectivity index is 1.72. The third-order valence-electron chi connectivity index (χ3n) is 6.65. The molecule has 186 valence electrons. The number of aromatic nitrogens is 1. The van der Waals surface area contributed by atoms with Crippen LogP contribution in [0, 0.1) is 6.92 Å². The highest BCUT2D eigenvalue weighted by Crippen LogP contribution is 2.54. The fraction of sp³-hybridized carbons (Fsp3) is 0.192. The van der Waals surface area contributed by atoms with Gasteiger partial charge >= 0.3 is 5.97 Å². The van der Waals surface area contributed by atoms with Crippen molar-refractivity contribution in [1.82, 2.24) is 4.98 Å². The van der Waals surface area contributed by atoms with Gasteiger partial charge in [0, 0.05) is 23.3 Å². The molecule has 2 aromatic heterocycles. The minimum absolute atomic E-state index is 0.0666. The standard InChI is InChI=1S/C26H18ClN3O6S/c1-4-35-23(33)21-12(2)28-25(37-21)30-22(32)20-18(19(31)14-11-13(27)9-10-17(14)36-20)26(30)15-7-5-6-8-16(15)29(3)24(26)34/h5-11H,4H2,1-3H3. The van der Waals surface area contributed by atoms with Gasteiger partial charge in [-0.25, -0.2) is 9.78 Å². The van der Waals surface area contributed by atoms with Crippen LogP contribution in [0.25, 0.3) is 11.0 Å². The fourth-order valence-electron chi connectivity index (χ4n) is 5.10. The first-order valence-electron chi connectivity index (χ1n) is 11.3. The number of anilines is 2. The first-order chi connectivity index (χ1) is 17.7. The predicted octanol–water partition coefficient (Wildman–Crippen LogP) is 4.27. The van der Waals surface area contributed by atoms with Gasteiger partial charge in [-0.05, 0) is 38.1 Å². The molecule has 4 heterocycles. The molecule has 0 saturated carbocycles. The average molecular weight is 536 g/mol. The second kappa shape index (κ2) is 7.99. The number of thiazole rings is 1. The summed E-state index contributed by atoms with van der Waals surface area (Å²) in [6, 6.07) is 11.4. The van der Waals surface area contributed by atoms with Gasteiger partial charge in [-0.2, -0.15) is 0 Å². The van der Waals surface area contributed by atoms with E-state index < -0.39 is 28.8 Å². The first kappa shape index (κ1) is 23.4. The van der Waals surface area contributed by atoms with Crippen LogP contribution in [0.4, 0.5) is 10.8 Å². The Morgan fingerprint density at radius 2 is 1.95 bits per heavy atom. The molecule has 9 nitrogen and oxygen atoms in total. The van der Waals surface area contributed by atoms with E-state index in [1.54, 1.807) is 51.2 Å². The summed E-state index contributed by atoms with van der Waals surface area (Å²) in [6.45, 7) is 3.46. The molecule has 1 spiro atoms. The molecule has 0 N–H and O–H groups in total. The van der Waals surface area contributed by atoms with Gasteiger partial charge in [0.25, 0.3) is 11.8 Å². The van der Waals surface area contributed by atoms with E-state index in [0.29, 0.717) is 22.0 Å². The SMILES string of the molecule is CCOC(=O)c1sc(N2C(=O)c3oc4ccc(Cl)cc4c(=O)c3C23C(=O)N(C)c2ccccc23)nc1C. The number of halogens is 1. The molecule has 0 fully saturated rings. The molecule has 0 saturated heterocycles. The second-order valence-corrected chi connectivity index (χ2v) is 10.1. The van der Waals surface area contributed by atoms with Crippen molar-refractivity contribution in [3.05, 3.63) is 85.2 Å². The number of esters is 1. The summed E-state index contributed by atoms with van der Waals surface area (Å²) in [6.07, 6.45) is 0. The quantitative estimate of drug-likeness (QED) is 0.360. The van der Waals surface area contributed by atoms with Crippen LogP contribution in [-0.4, -0.2) is 36.4 Å². The Bertz CT molecular complexity index is 1740. The van der Waals surface area contributed by atoms with E-state index >= 15 is 0 Å². The lowest BCUT2D eigenvalue weighted by Gasteiger charge is -2.31. The van der Waals surface area contributed by atoms with Crippen molar-refractivity contribution in [1.29, 1.82) is 0 Å². The topological polar surface area (TPSA) is 110 Å². The first-order valence-corrected chi connectivity index (χ1v) is 12.5. The molecule has 1 atom stereocenters. The van der Waals surface area contributed by atoms with Crippen LogP contribution in [0.2, 0.25) is 5.02 Å². The molecular weight excluding hydrogens is 518 g/mol. The van der Waals surface area contributed by atoms with Crippen LogP contribution >= 0.6 is 22.9 Å². The van der Waals surface area contributed by atoms with Crippen molar-refractivity contribution in [2.24, 2.45) is 0 Å². The van der Waals surface area contributed by atoms with Gasteiger partial charge in [0.2, 0.25) is 5.76 Å². The molecule has 11 heteroatoms. The number of hydrogen-bond donors (Lipinski definition) is 0. The number of likely N-dealkylation sites (N-methyl/N-ethyl adjacent to an activating group) is 1. The lowest BCUT2D eigenvalue weighted by atomic mass is 9.84. The maximum atomic E-state index is 14.2. The minimum Gasteiger partial charge on any atom is -0.462 e. The van der Waals surface area contributed by atoms with Crippen LogP contribution in [0.3, 0.4) is 0 Å². The summed E-state index contributed by atoms with van der Waals surface area (Å²) in [5.41, 5.74) is -1.10. The summed E-state index contributed by atoms with van der Waals surface area (Å²) in [5, 5.41) is 0.513. The summed E-state index contributed by atoms with van der Waals surface area (Å²) in [7, 11) is 1.58. The molecule has 0 radical (unpaired) electrons. The van der Waals surface area contributed by atoms with Gasteiger partial charge in [0.15, 0.2) is 16.1 Å². The van der Waals surface area contributed by atoms with E-state index in [0.717, 1.165) is 11.3 Å². The van der Waals surface area contributed by atoms with E-state index in [4.69, 9.17) is 20.8 Å². The molecule has 1 unspecified atom stereocenters. The molecular formula is C26H18ClN3O6S. The predicted molar refractivity (Wildman–Crippen MR) is 138 cm³/mol. The van der Waals surface area contributed by atoms with Crippen molar-refractivity contribution < 1.29 is 23.5 Å². The summed E-state index contributed by atoms with van der Waals surface area (Å²) in [4.78, 5) is 62.0. The number of carbonyl (C=O) groups excluding carboxylic acids is 3. The smallest absolute Gasteiger partial charge is 0.350 e. The molecule has 37 heavy (non-hydrogen) atoms. The zero-order valence-corrected chi connectivity index (χ0v) is 21.4. The van der Waals surface area contributed by atoms with Gasteiger partial charge in [-0.1, -0.05) is 41.1 Å². The number of hydrogen-bond acceptors (Lipinski definition) is 8. The Kier molecular flexibility index (Phi) is 5.05. The van der Waals surface area contributed by atoms with Crippen LogP contribution in [0.15, 0.2) is 51.7 Å². The summed E-state index contributed by atoms with van der Waals surface area (Å²) in [5.74, 6) is -2.10. The zero-order valence-electron chi connectivity index (χ0n) is 19.8. The highest BCUT2D eigenvalue weighted by molar-refractivity contribution is 7.17. The van der Waals surface area contributed by atoms with E-state index in [2.05, 4.69) is 4.98 Å². The number of amides is 2. The molecule has 0 aliphatic carbocycles. The zero-order chi connectivity index (χ0) is 26.2. The Morgan fingerprint density at radius 1 is 1.19 bits per heavy atom. The molecule has 4 aromatic rings. The van der Waals surface area contributed by atoms with Gasteiger partial charge in [-0.15, -0.1) is 0 Å².